The number of amides is 2. The van der Waals surface area contributed by atoms with Crippen molar-refractivity contribution in [2.24, 2.45) is 5.92 Å². The third-order valence-electron chi connectivity index (χ3n) is 6.95. The number of para-hydroxylation sites is 1. The van der Waals surface area contributed by atoms with Gasteiger partial charge in [-0.3, -0.25) is 9.59 Å². The molecule has 1 heterocycles. The molecule has 2 amide bonds. The number of H-pyrrole nitrogens is 1. The lowest BCUT2D eigenvalue weighted by Crippen LogP contribution is -2.57. The normalized spacial score (nSPS) is 13.5. The second-order valence-electron chi connectivity index (χ2n) is 10.3. The molecule has 4 aromatic rings. The zero-order chi connectivity index (χ0) is 28.5. The van der Waals surface area contributed by atoms with Crippen LogP contribution in [0.15, 0.2) is 91.1 Å². The number of fused-ring (bicyclic) bond motifs is 1. The second-order valence-corrected chi connectivity index (χ2v) is 10.3. The number of aromatic nitrogens is 1. The lowest BCUT2D eigenvalue weighted by Gasteiger charge is -2.27. The van der Waals surface area contributed by atoms with Crippen LogP contribution in [0.4, 0.5) is 0 Å². The van der Waals surface area contributed by atoms with Gasteiger partial charge in [-0.1, -0.05) is 92.7 Å². The van der Waals surface area contributed by atoms with Crippen molar-refractivity contribution < 1.29 is 19.5 Å². The van der Waals surface area contributed by atoms with E-state index >= 15 is 0 Å². The van der Waals surface area contributed by atoms with Crippen LogP contribution in [-0.4, -0.2) is 46.0 Å². The summed E-state index contributed by atoms with van der Waals surface area (Å²) in [5.41, 5.74) is 3.71. The molecule has 5 N–H and O–H groups in total. The van der Waals surface area contributed by atoms with Gasteiger partial charge in [0.2, 0.25) is 11.8 Å². The SMILES string of the molecule is CC(C)[C@H](NC(=O)[C@H](Cc1ccccc1)NCc1ccccc1)C(=O)N[C@@H](Cc1c[nH]c2ccccc12)C(=O)O. The molecule has 3 atom stereocenters. The van der Waals surface area contributed by atoms with E-state index in [1.807, 2.05) is 98.8 Å². The number of carbonyl (C=O) groups is 3. The summed E-state index contributed by atoms with van der Waals surface area (Å²) in [5, 5.41) is 19.7. The van der Waals surface area contributed by atoms with Crippen molar-refractivity contribution in [3.8, 4) is 0 Å². The number of nitrogens with one attached hydrogen (secondary N) is 4. The minimum absolute atomic E-state index is 0.110. The fraction of sp³-hybridized carbons (Fsp3) is 0.281. The first kappa shape index (κ1) is 28.6. The molecule has 0 radical (unpaired) electrons. The van der Waals surface area contributed by atoms with Crippen LogP contribution in [0.5, 0.6) is 0 Å². The van der Waals surface area contributed by atoms with Crippen molar-refractivity contribution in [3.63, 3.8) is 0 Å². The molecule has 0 aliphatic heterocycles. The van der Waals surface area contributed by atoms with E-state index in [1.54, 1.807) is 6.20 Å². The highest BCUT2D eigenvalue weighted by molar-refractivity contribution is 5.92. The molecule has 0 aliphatic rings. The standard InChI is InChI=1S/C32H36N4O4/c1-21(2)29(31(38)35-28(32(39)40)18-24-20-34-26-16-10-9-15-25(24)26)36-30(37)27(17-22-11-5-3-6-12-22)33-19-23-13-7-4-8-14-23/h3-16,20-21,27-29,33-34H,17-19H2,1-2H3,(H,35,38)(H,36,37)(H,39,40)/t27-,28-,29-/m0/s1. The molecule has 1 aromatic heterocycles. The Kier molecular flexibility index (Phi) is 9.70. The summed E-state index contributed by atoms with van der Waals surface area (Å²) in [6, 6.07) is 24.4. The molecular formula is C32H36N4O4. The summed E-state index contributed by atoms with van der Waals surface area (Å²) in [6.07, 6.45) is 2.31. The molecule has 3 aromatic carbocycles. The summed E-state index contributed by atoms with van der Waals surface area (Å²) in [6.45, 7) is 4.13. The average Bonchev–Trinajstić information content (AvgIpc) is 3.37. The molecule has 40 heavy (non-hydrogen) atoms. The number of benzene rings is 3. The Morgan fingerprint density at radius 2 is 1.38 bits per heavy atom. The monoisotopic (exact) mass is 540 g/mol. The number of carboxylic acid groups (broad SMARTS) is 1. The van der Waals surface area contributed by atoms with Gasteiger partial charge < -0.3 is 26.0 Å². The van der Waals surface area contributed by atoms with Gasteiger partial charge in [0.05, 0.1) is 6.04 Å². The van der Waals surface area contributed by atoms with Crippen molar-refractivity contribution in [2.45, 2.75) is 51.4 Å². The fourth-order valence-corrected chi connectivity index (χ4v) is 4.72. The van der Waals surface area contributed by atoms with E-state index in [0.717, 1.165) is 27.6 Å². The van der Waals surface area contributed by atoms with Crippen LogP contribution in [0, 0.1) is 5.92 Å². The van der Waals surface area contributed by atoms with Crippen LogP contribution in [0.25, 0.3) is 10.9 Å². The highest BCUT2D eigenvalue weighted by Crippen LogP contribution is 2.19. The van der Waals surface area contributed by atoms with Gasteiger partial charge in [0.1, 0.15) is 12.1 Å². The number of carboxylic acids is 1. The van der Waals surface area contributed by atoms with Gasteiger partial charge in [-0.15, -0.1) is 0 Å². The number of aliphatic carboxylic acids is 1. The fourth-order valence-electron chi connectivity index (χ4n) is 4.72. The first-order valence-electron chi connectivity index (χ1n) is 13.5. The minimum atomic E-state index is -1.15. The van der Waals surface area contributed by atoms with Crippen LogP contribution in [-0.2, 0) is 33.8 Å². The maximum atomic E-state index is 13.5. The molecule has 0 spiro atoms. The number of hydrogen-bond donors (Lipinski definition) is 5. The molecule has 0 saturated heterocycles. The van der Waals surface area contributed by atoms with Gasteiger partial charge in [-0.05, 0) is 35.1 Å². The summed E-state index contributed by atoms with van der Waals surface area (Å²) in [7, 11) is 0. The number of carbonyl (C=O) groups excluding carboxylic acids is 2. The van der Waals surface area contributed by atoms with E-state index in [0.29, 0.717) is 13.0 Å². The maximum absolute atomic E-state index is 13.5. The average molecular weight is 541 g/mol. The number of rotatable bonds is 13. The molecule has 0 aliphatic carbocycles. The predicted molar refractivity (Wildman–Crippen MR) is 156 cm³/mol. The Morgan fingerprint density at radius 3 is 2.02 bits per heavy atom. The zero-order valence-electron chi connectivity index (χ0n) is 22.8. The third-order valence-corrected chi connectivity index (χ3v) is 6.95. The van der Waals surface area contributed by atoms with Gasteiger partial charge in [0, 0.05) is 30.1 Å². The first-order chi connectivity index (χ1) is 19.3. The quantitative estimate of drug-likeness (QED) is 0.176. The van der Waals surface area contributed by atoms with E-state index in [-0.39, 0.29) is 18.2 Å². The molecule has 8 nitrogen and oxygen atoms in total. The van der Waals surface area contributed by atoms with Crippen LogP contribution in [0.1, 0.15) is 30.5 Å². The molecule has 0 fully saturated rings. The van der Waals surface area contributed by atoms with E-state index in [2.05, 4.69) is 20.9 Å². The summed E-state index contributed by atoms with van der Waals surface area (Å²) in [4.78, 5) is 42.2. The van der Waals surface area contributed by atoms with Gasteiger partial charge >= 0.3 is 5.97 Å². The van der Waals surface area contributed by atoms with Crippen molar-refractivity contribution in [3.05, 3.63) is 108 Å². The van der Waals surface area contributed by atoms with Crippen LogP contribution >= 0.6 is 0 Å². The number of hydrogen-bond acceptors (Lipinski definition) is 4. The zero-order valence-corrected chi connectivity index (χ0v) is 22.8. The molecule has 4 rings (SSSR count). The van der Waals surface area contributed by atoms with E-state index in [1.165, 1.54) is 0 Å². The Balaban J connectivity index is 1.46. The highest BCUT2D eigenvalue weighted by Gasteiger charge is 2.31. The summed E-state index contributed by atoms with van der Waals surface area (Å²) >= 11 is 0. The van der Waals surface area contributed by atoms with Crippen molar-refractivity contribution in [1.29, 1.82) is 0 Å². The Hall–Kier alpha value is -4.43. The second kappa shape index (κ2) is 13.6. The van der Waals surface area contributed by atoms with Crippen molar-refractivity contribution in [2.75, 3.05) is 0 Å². The minimum Gasteiger partial charge on any atom is -0.480 e. The maximum Gasteiger partial charge on any atom is 0.326 e. The Bertz CT molecular complexity index is 1420. The molecule has 208 valence electrons. The molecule has 0 bridgehead atoms. The van der Waals surface area contributed by atoms with Crippen LogP contribution < -0.4 is 16.0 Å². The predicted octanol–water partition coefficient (Wildman–Crippen LogP) is 3.82. The summed E-state index contributed by atoms with van der Waals surface area (Å²) in [5.74, 6) is -2.26. The molecule has 0 unspecified atom stereocenters. The Labute approximate surface area is 234 Å². The van der Waals surface area contributed by atoms with Gasteiger partial charge in [0.15, 0.2) is 0 Å². The topological polar surface area (TPSA) is 123 Å². The summed E-state index contributed by atoms with van der Waals surface area (Å²) < 4.78 is 0. The first-order valence-corrected chi connectivity index (χ1v) is 13.5. The van der Waals surface area contributed by atoms with Gasteiger partial charge in [-0.2, -0.15) is 0 Å². The van der Waals surface area contributed by atoms with Crippen LogP contribution in [0.2, 0.25) is 0 Å². The molecule has 8 heteroatoms. The van der Waals surface area contributed by atoms with Crippen molar-refractivity contribution >= 4 is 28.7 Å². The van der Waals surface area contributed by atoms with E-state index in [9.17, 15) is 19.5 Å². The van der Waals surface area contributed by atoms with E-state index in [4.69, 9.17) is 0 Å². The smallest absolute Gasteiger partial charge is 0.326 e. The Morgan fingerprint density at radius 1 is 0.750 bits per heavy atom. The van der Waals surface area contributed by atoms with Crippen molar-refractivity contribution in [1.82, 2.24) is 20.9 Å². The number of aromatic amines is 1. The third kappa shape index (κ3) is 7.57. The lowest BCUT2D eigenvalue weighted by atomic mass is 9.99. The molecule has 0 saturated carbocycles. The molecular weight excluding hydrogens is 504 g/mol. The van der Waals surface area contributed by atoms with Crippen LogP contribution in [0.3, 0.4) is 0 Å². The van der Waals surface area contributed by atoms with E-state index < -0.39 is 30.0 Å². The lowest BCUT2D eigenvalue weighted by molar-refractivity contribution is -0.142. The largest absolute Gasteiger partial charge is 0.480 e. The van der Waals surface area contributed by atoms with Gasteiger partial charge in [-0.25, -0.2) is 4.79 Å². The van der Waals surface area contributed by atoms with Gasteiger partial charge in [0.25, 0.3) is 0 Å². The highest BCUT2D eigenvalue weighted by atomic mass is 16.4.